The van der Waals surface area contributed by atoms with Gasteiger partial charge in [0.25, 0.3) is 5.56 Å². The number of ether oxygens (including phenoxy) is 1. The third kappa shape index (κ3) is 4.02. The maximum Gasteiger partial charge on any atom is 0.330 e. The summed E-state index contributed by atoms with van der Waals surface area (Å²) in [5.74, 6) is -0.270. The smallest absolute Gasteiger partial charge is 0.330 e. The summed E-state index contributed by atoms with van der Waals surface area (Å²) in [6.45, 7) is 2.67. The molecule has 1 aliphatic rings. The molecule has 10 nitrogen and oxygen atoms in total. The number of nitrogens with zero attached hydrogens (tertiary/aromatic N) is 3. The Hall–Kier alpha value is -3.32. The van der Waals surface area contributed by atoms with E-state index in [2.05, 4.69) is 11.1 Å². The van der Waals surface area contributed by atoms with Crippen molar-refractivity contribution in [3.8, 4) is 6.07 Å². The molecule has 160 valence electrons. The quantitative estimate of drug-likeness (QED) is 0.694. The van der Waals surface area contributed by atoms with Gasteiger partial charge in [-0.25, -0.2) is 4.79 Å². The van der Waals surface area contributed by atoms with E-state index in [4.69, 9.17) is 14.9 Å². The van der Waals surface area contributed by atoms with E-state index in [1.54, 1.807) is 12.1 Å². The van der Waals surface area contributed by atoms with Crippen molar-refractivity contribution in [3.63, 3.8) is 0 Å². The Bertz CT molecular complexity index is 1040. The van der Waals surface area contributed by atoms with Crippen LogP contribution in [0.1, 0.15) is 38.4 Å². The van der Waals surface area contributed by atoms with Crippen molar-refractivity contribution in [1.82, 2.24) is 9.55 Å². The van der Waals surface area contributed by atoms with E-state index in [1.807, 2.05) is 6.92 Å². The van der Waals surface area contributed by atoms with E-state index in [1.165, 1.54) is 10.8 Å². The van der Waals surface area contributed by atoms with Crippen molar-refractivity contribution < 1.29 is 13.9 Å². The Kier molecular flexibility index (Phi) is 6.42. The first-order valence-corrected chi connectivity index (χ1v) is 9.89. The first-order valence-electron chi connectivity index (χ1n) is 9.89. The van der Waals surface area contributed by atoms with Crippen LogP contribution in [0.2, 0.25) is 0 Å². The molecule has 0 spiro atoms. The van der Waals surface area contributed by atoms with Crippen LogP contribution >= 0.6 is 0 Å². The zero-order chi connectivity index (χ0) is 21.7. The summed E-state index contributed by atoms with van der Waals surface area (Å²) in [6, 6.07) is 5.43. The topological polar surface area (TPSA) is 147 Å². The number of aromatic amines is 1. The zero-order valence-corrected chi connectivity index (χ0v) is 16.8. The Morgan fingerprint density at radius 2 is 2.13 bits per heavy atom. The van der Waals surface area contributed by atoms with Crippen molar-refractivity contribution in [2.24, 2.45) is 5.41 Å². The molecule has 0 radical (unpaired) electrons. The number of hydrogen-bond donors (Lipinski definition) is 2. The molecule has 30 heavy (non-hydrogen) atoms. The molecule has 0 atom stereocenters. The largest absolute Gasteiger partial charge is 0.467 e. The van der Waals surface area contributed by atoms with Gasteiger partial charge in [-0.1, -0.05) is 13.3 Å². The van der Waals surface area contributed by atoms with Gasteiger partial charge in [-0.05, 0) is 31.4 Å². The summed E-state index contributed by atoms with van der Waals surface area (Å²) in [7, 11) is 0. The number of unbranched alkanes of at least 4 members (excludes halogenated alkanes) is 1. The molecule has 2 aromatic rings. The third-order valence-electron chi connectivity index (χ3n) is 5.33. The predicted octanol–water partition coefficient (Wildman–Crippen LogP) is 1.37. The van der Waals surface area contributed by atoms with Gasteiger partial charge >= 0.3 is 5.69 Å². The van der Waals surface area contributed by atoms with Gasteiger partial charge in [0.2, 0.25) is 5.91 Å². The Morgan fingerprint density at radius 1 is 1.40 bits per heavy atom. The minimum atomic E-state index is -1.35. The summed E-state index contributed by atoms with van der Waals surface area (Å²) in [5, 5.41) is 9.84. The lowest BCUT2D eigenvalue weighted by molar-refractivity contribution is -0.129. The van der Waals surface area contributed by atoms with Crippen LogP contribution in [0.3, 0.4) is 0 Å². The Balaban J connectivity index is 2.14. The van der Waals surface area contributed by atoms with Gasteiger partial charge in [0.1, 0.15) is 17.0 Å². The highest BCUT2D eigenvalue weighted by molar-refractivity contribution is 6.00. The van der Waals surface area contributed by atoms with Gasteiger partial charge in [-0.15, -0.1) is 0 Å². The number of carbonyl (C=O) groups is 1. The number of nitriles is 1. The predicted molar refractivity (Wildman–Crippen MR) is 109 cm³/mol. The average Bonchev–Trinajstić information content (AvgIpc) is 3.26. The number of hydrogen-bond acceptors (Lipinski definition) is 7. The van der Waals surface area contributed by atoms with Crippen LogP contribution in [0, 0.1) is 16.7 Å². The normalized spacial score (nSPS) is 15.5. The van der Waals surface area contributed by atoms with Gasteiger partial charge in [0.05, 0.1) is 18.9 Å². The van der Waals surface area contributed by atoms with Gasteiger partial charge < -0.3 is 14.9 Å². The molecular weight excluding hydrogens is 390 g/mol. The maximum absolute atomic E-state index is 13.6. The first-order chi connectivity index (χ1) is 14.4. The standard InChI is InChI=1S/C20H25N5O5/c1-2-3-8-24-16(22)15(17(26)23-19(24)28)25(12-14-5-4-9-30-14)18(27)20(13-21)6-10-29-11-7-20/h4-5,9H,2-3,6-8,10-12,22H2,1H3,(H,23,26,28). The second kappa shape index (κ2) is 9.00. The third-order valence-corrected chi connectivity index (χ3v) is 5.33. The lowest BCUT2D eigenvalue weighted by atomic mass is 9.80. The van der Waals surface area contributed by atoms with Crippen LogP contribution in [0.15, 0.2) is 32.4 Å². The van der Waals surface area contributed by atoms with Crippen molar-refractivity contribution in [2.75, 3.05) is 23.8 Å². The highest BCUT2D eigenvalue weighted by Crippen LogP contribution is 2.35. The van der Waals surface area contributed by atoms with Crippen LogP contribution in [0.4, 0.5) is 11.5 Å². The van der Waals surface area contributed by atoms with Crippen molar-refractivity contribution in [2.45, 2.75) is 45.7 Å². The monoisotopic (exact) mass is 415 g/mol. The maximum atomic E-state index is 13.6. The number of H-pyrrole nitrogens is 1. The lowest BCUT2D eigenvalue weighted by Gasteiger charge is -2.34. The molecule has 0 unspecified atom stereocenters. The molecule has 1 aliphatic heterocycles. The molecule has 0 saturated carbocycles. The highest BCUT2D eigenvalue weighted by Gasteiger charge is 2.45. The SMILES string of the molecule is CCCCn1c(N)c(N(Cc2ccco2)C(=O)C2(C#N)CCOCC2)c(=O)[nH]c1=O. The number of nitrogens with two attached hydrogens (primary N) is 1. The number of amides is 1. The molecule has 0 aliphatic carbocycles. The number of nitrogen functional groups attached to an aromatic ring is 1. The van der Waals surface area contributed by atoms with E-state index in [0.717, 1.165) is 11.3 Å². The van der Waals surface area contributed by atoms with Gasteiger partial charge in [-0.3, -0.25) is 24.0 Å². The summed E-state index contributed by atoms with van der Waals surface area (Å²) < 4.78 is 11.9. The molecule has 1 amide bonds. The van der Waals surface area contributed by atoms with Crippen LogP contribution in [0.5, 0.6) is 0 Å². The van der Waals surface area contributed by atoms with Crippen LogP contribution < -0.4 is 21.9 Å². The molecular formula is C20H25N5O5. The molecule has 3 heterocycles. The minimum Gasteiger partial charge on any atom is -0.467 e. The van der Waals surface area contributed by atoms with E-state index >= 15 is 0 Å². The van der Waals surface area contributed by atoms with E-state index in [-0.39, 0.29) is 44.1 Å². The van der Waals surface area contributed by atoms with Crippen molar-refractivity contribution in [3.05, 3.63) is 45.0 Å². The molecule has 0 bridgehead atoms. The fourth-order valence-corrected chi connectivity index (χ4v) is 3.54. The molecule has 3 N–H and O–H groups in total. The second-order valence-electron chi connectivity index (χ2n) is 7.28. The molecule has 1 fully saturated rings. The zero-order valence-electron chi connectivity index (χ0n) is 16.8. The lowest BCUT2D eigenvalue weighted by Crippen LogP contribution is -2.49. The van der Waals surface area contributed by atoms with Gasteiger partial charge in [0, 0.05) is 19.8 Å². The summed E-state index contributed by atoms with van der Waals surface area (Å²) >= 11 is 0. The number of anilines is 2. The van der Waals surface area contributed by atoms with Gasteiger partial charge in [-0.2, -0.15) is 5.26 Å². The Labute approximate surface area is 172 Å². The van der Waals surface area contributed by atoms with Crippen LogP contribution in [-0.2, 0) is 22.6 Å². The Morgan fingerprint density at radius 3 is 2.73 bits per heavy atom. The van der Waals surface area contributed by atoms with E-state index < -0.39 is 22.6 Å². The van der Waals surface area contributed by atoms with Crippen LogP contribution in [-0.4, -0.2) is 28.7 Å². The number of aromatic nitrogens is 2. The highest BCUT2D eigenvalue weighted by atomic mass is 16.5. The van der Waals surface area contributed by atoms with Crippen molar-refractivity contribution >= 4 is 17.4 Å². The van der Waals surface area contributed by atoms with E-state index in [0.29, 0.717) is 18.7 Å². The number of nitrogens with one attached hydrogen (secondary N) is 1. The average molecular weight is 415 g/mol. The summed E-state index contributed by atoms with van der Waals surface area (Å²) in [6.07, 6.45) is 3.32. The van der Waals surface area contributed by atoms with Crippen LogP contribution in [0.25, 0.3) is 0 Å². The minimum absolute atomic E-state index is 0.102. The number of furan rings is 1. The fraction of sp³-hybridized carbons (Fsp3) is 0.500. The summed E-state index contributed by atoms with van der Waals surface area (Å²) in [5.41, 5.74) is 3.28. The summed E-state index contributed by atoms with van der Waals surface area (Å²) in [4.78, 5) is 42.0. The van der Waals surface area contributed by atoms with Gasteiger partial charge in [0.15, 0.2) is 5.69 Å². The molecule has 3 rings (SSSR count). The number of rotatable bonds is 7. The van der Waals surface area contributed by atoms with E-state index in [9.17, 15) is 19.6 Å². The van der Waals surface area contributed by atoms with Crippen molar-refractivity contribution in [1.29, 1.82) is 5.26 Å². The molecule has 2 aromatic heterocycles. The molecule has 1 saturated heterocycles. The molecule has 10 heteroatoms. The second-order valence-corrected chi connectivity index (χ2v) is 7.28. The first kappa shape index (κ1) is 21.4. The fourth-order valence-electron chi connectivity index (χ4n) is 3.54. The molecule has 0 aromatic carbocycles. The number of carbonyl (C=O) groups excluding carboxylic acids is 1.